The number of aryl methyl sites for hydroxylation is 2. The number of fused-ring (bicyclic) bond motifs is 1. The fraction of sp³-hybridized carbons (Fsp3) is 0.267. The van der Waals surface area contributed by atoms with Gasteiger partial charge >= 0.3 is 0 Å². The molecule has 1 unspecified atom stereocenters. The number of aromatic nitrogens is 2. The van der Waals surface area contributed by atoms with Crippen molar-refractivity contribution >= 4 is 22.6 Å². The zero-order chi connectivity index (χ0) is 24.2. The van der Waals surface area contributed by atoms with Crippen LogP contribution in [0.15, 0.2) is 85.5 Å². The average Bonchev–Trinajstić information content (AvgIpc) is 3.43. The normalized spacial score (nSPS) is 15.6. The molecular weight excluding hydrogens is 434 g/mol. The lowest BCUT2D eigenvalue weighted by Crippen LogP contribution is -2.24. The molecule has 1 amide bonds. The van der Waals surface area contributed by atoms with Crippen molar-refractivity contribution in [3.63, 3.8) is 0 Å². The van der Waals surface area contributed by atoms with E-state index in [0.717, 1.165) is 58.8 Å². The van der Waals surface area contributed by atoms with E-state index in [1.54, 1.807) is 0 Å². The van der Waals surface area contributed by atoms with Crippen LogP contribution >= 0.6 is 0 Å². The third-order valence-electron chi connectivity index (χ3n) is 6.61. The van der Waals surface area contributed by atoms with E-state index in [4.69, 9.17) is 9.72 Å². The average molecular weight is 466 g/mol. The molecule has 1 aromatic heterocycles. The molecule has 0 radical (unpaired) electrons. The van der Waals surface area contributed by atoms with Crippen LogP contribution in [0.3, 0.4) is 0 Å². The molecule has 2 heterocycles. The number of imidazole rings is 1. The molecule has 3 aromatic carbocycles. The molecule has 1 aliphatic rings. The number of anilines is 1. The van der Waals surface area contributed by atoms with Gasteiger partial charge in [0, 0.05) is 31.1 Å². The van der Waals surface area contributed by atoms with Crippen molar-refractivity contribution in [3.05, 3.63) is 102 Å². The Kier molecular flexibility index (Phi) is 6.66. The zero-order valence-corrected chi connectivity index (χ0v) is 20.2. The number of carbonyl (C=O) groups excluding carboxylic acids is 1. The quantitative estimate of drug-likeness (QED) is 0.223. The molecule has 4 aromatic rings. The van der Waals surface area contributed by atoms with Gasteiger partial charge in [0.2, 0.25) is 5.91 Å². The van der Waals surface area contributed by atoms with Gasteiger partial charge in [0.05, 0.1) is 17.6 Å². The number of rotatable bonds is 9. The first-order chi connectivity index (χ1) is 17.1. The molecule has 1 fully saturated rings. The smallest absolute Gasteiger partial charge is 0.227 e. The predicted octanol–water partition coefficient (Wildman–Crippen LogP) is 6.06. The van der Waals surface area contributed by atoms with Crippen LogP contribution < -0.4 is 9.64 Å². The molecule has 35 heavy (non-hydrogen) atoms. The first kappa shape index (κ1) is 22.9. The minimum Gasteiger partial charge on any atom is -0.493 e. The number of benzene rings is 3. The molecule has 0 aliphatic carbocycles. The monoisotopic (exact) mass is 465 g/mol. The Hall–Kier alpha value is -3.86. The Bertz CT molecular complexity index is 1360. The van der Waals surface area contributed by atoms with E-state index < -0.39 is 0 Å². The second kappa shape index (κ2) is 10.2. The number of hydrogen-bond acceptors (Lipinski definition) is 3. The standard InChI is InChI=1S/C30H31N3O2/c1-3-10-23-12-4-7-16-28(23)35-18-9-17-32-27-15-6-5-14-26(27)31-30(32)24-20-29(34)33(21-24)25-13-8-11-22(2)19-25/h3-8,11-16,19,24H,1,9-10,17-18,20-21H2,2H3. The molecule has 1 saturated heterocycles. The van der Waals surface area contributed by atoms with Crippen LogP contribution in [0.1, 0.15) is 35.7 Å². The van der Waals surface area contributed by atoms with Gasteiger partial charge < -0.3 is 14.2 Å². The maximum absolute atomic E-state index is 13.0. The van der Waals surface area contributed by atoms with Gasteiger partial charge in [0.1, 0.15) is 11.6 Å². The van der Waals surface area contributed by atoms with Gasteiger partial charge in [-0.25, -0.2) is 4.98 Å². The van der Waals surface area contributed by atoms with Gasteiger partial charge in [-0.3, -0.25) is 4.79 Å². The highest BCUT2D eigenvalue weighted by Crippen LogP contribution is 2.33. The predicted molar refractivity (Wildman–Crippen MR) is 141 cm³/mol. The van der Waals surface area contributed by atoms with Crippen LogP contribution in [-0.2, 0) is 17.8 Å². The summed E-state index contributed by atoms with van der Waals surface area (Å²) < 4.78 is 8.41. The van der Waals surface area contributed by atoms with Crippen LogP contribution in [0.5, 0.6) is 5.75 Å². The van der Waals surface area contributed by atoms with Gasteiger partial charge in [0.15, 0.2) is 0 Å². The Morgan fingerprint density at radius 2 is 1.91 bits per heavy atom. The van der Waals surface area contributed by atoms with Crippen LogP contribution in [0.2, 0.25) is 0 Å². The van der Waals surface area contributed by atoms with Crippen LogP contribution in [0, 0.1) is 6.92 Å². The molecule has 5 nitrogen and oxygen atoms in total. The lowest BCUT2D eigenvalue weighted by atomic mass is 10.1. The number of carbonyl (C=O) groups is 1. The number of allylic oxidation sites excluding steroid dienone is 1. The van der Waals surface area contributed by atoms with E-state index in [2.05, 4.69) is 42.3 Å². The summed E-state index contributed by atoms with van der Waals surface area (Å²) >= 11 is 0. The third-order valence-corrected chi connectivity index (χ3v) is 6.61. The first-order valence-electron chi connectivity index (χ1n) is 12.3. The van der Waals surface area contributed by atoms with Gasteiger partial charge in [-0.2, -0.15) is 0 Å². The molecule has 178 valence electrons. The molecule has 0 bridgehead atoms. The van der Waals surface area contributed by atoms with Crippen molar-refractivity contribution in [1.29, 1.82) is 0 Å². The van der Waals surface area contributed by atoms with Crippen molar-refractivity contribution < 1.29 is 9.53 Å². The minimum absolute atomic E-state index is 0.0599. The van der Waals surface area contributed by atoms with Crippen molar-refractivity contribution in [3.8, 4) is 5.75 Å². The van der Waals surface area contributed by atoms with E-state index >= 15 is 0 Å². The van der Waals surface area contributed by atoms with Crippen LogP contribution in [0.25, 0.3) is 11.0 Å². The molecular formula is C30H31N3O2. The summed E-state index contributed by atoms with van der Waals surface area (Å²) in [6.45, 7) is 7.95. The SMILES string of the molecule is C=CCc1ccccc1OCCCn1c(C2CC(=O)N(c3cccc(C)c3)C2)nc2ccccc21. The minimum atomic E-state index is 0.0599. The molecule has 1 aliphatic heterocycles. The topological polar surface area (TPSA) is 47.4 Å². The summed E-state index contributed by atoms with van der Waals surface area (Å²) in [5, 5.41) is 0. The second-order valence-electron chi connectivity index (χ2n) is 9.16. The van der Waals surface area contributed by atoms with Crippen molar-refractivity contribution in [2.24, 2.45) is 0 Å². The Morgan fingerprint density at radius 1 is 1.09 bits per heavy atom. The number of para-hydroxylation sites is 3. The van der Waals surface area contributed by atoms with Gasteiger partial charge in [-0.05, 0) is 61.2 Å². The van der Waals surface area contributed by atoms with Gasteiger partial charge in [-0.1, -0.05) is 48.5 Å². The van der Waals surface area contributed by atoms with Crippen molar-refractivity contribution in [2.45, 2.75) is 38.6 Å². The Morgan fingerprint density at radius 3 is 2.77 bits per heavy atom. The van der Waals surface area contributed by atoms with E-state index in [1.807, 2.05) is 59.5 Å². The molecule has 5 heteroatoms. The number of ether oxygens (including phenoxy) is 1. The summed E-state index contributed by atoms with van der Waals surface area (Å²) in [5.74, 6) is 2.12. The van der Waals surface area contributed by atoms with E-state index in [1.165, 1.54) is 0 Å². The fourth-order valence-electron chi connectivity index (χ4n) is 4.94. The number of hydrogen-bond donors (Lipinski definition) is 0. The maximum Gasteiger partial charge on any atom is 0.227 e. The van der Waals surface area contributed by atoms with Gasteiger partial charge in [-0.15, -0.1) is 6.58 Å². The fourth-order valence-corrected chi connectivity index (χ4v) is 4.94. The molecule has 0 saturated carbocycles. The highest BCUT2D eigenvalue weighted by atomic mass is 16.5. The lowest BCUT2D eigenvalue weighted by Gasteiger charge is -2.18. The van der Waals surface area contributed by atoms with Crippen molar-refractivity contribution in [2.75, 3.05) is 18.1 Å². The summed E-state index contributed by atoms with van der Waals surface area (Å²) in [5.41, 5.74) is 5.35. The Labute approximate surface area is 206 Å². The summed E-state index contributed by atoms with van der Waals surface area (Å²) in [7, 11) is 0. The lowest BCUT2D eigenvalue weighted by molar-refractivity contribution is -0.117. The van der Waals surface area contributed by atoms with E-state index in [0.29, 0.717) is 19.6 Å². The number of nitrogens with zero attached hydrogens (tertiary/aromatic N) is 3. The maximum atomic E-state index is 13.0. The Balaban J connectivity index is 1.34. The summed E-state index contributed by atoms with van der Waals surface area (Å²) in [6, 6.07) is 24.5. The summed E-state index contributed by atoms with van der Waals surface area (Å²) in [6.07, 6.45) is 4.01. The van der Waals surface area contributed by atoms with Crippen LogP contribution in [0.4, 0.5) is 5.69 Å². The largest absolute Gasteiger partial charge is 0.493 e. The highest BCUT2D eigenvalue weighted by molar-refractivity contribution is 5.96. The van der Waals surface area contributed by atoms with E-state index in [9.17, 15) is 4.79 Å². The zero-order valence-electron chi connectivity index (χ0n) is 20.2. The first-order valence-corrected chi connectivity index (χ1v) is 12.3. The molecule has 5 rings (SSSR count). The second-order valence-corrected chi connectivity index (χ2v) is 9.16. The molecule has 1 atom stereocenters. The number of amides is 1. The third kappa shape index (κ3) is 4.85. The summed E-state index contributed by atoms with van der Waals surface area (Å²) in [4.78, 5) is 19.8. The van der Waals surface area contributed by atoms with Gasteiger partial charge in [0.25, 0.3) is 0 Å². The highest BCUT2D eigenvalue weighted by Gasteiger charge is 2.34. The molecule has 0 spiro atoms. The van der Waals surface area contributed by atoms with E-state index in [-0.39, 0.29) is 11.8 Å². The molecule has 0 N–H and O–H groups in total. The van der Waals surface area contributed by atoms with Crippen LogP contribution in [-0.4, -0.2) is 28.6 Å². The van der Waals surface area contributed by atoms with Crippen molar-refractivity contribution in [1.82, 2.24) is 9.55 Å².